The molecule has 19 heavy (non-hydrogen) atoms. The number of hydrogen-bond acceptors (Lipinski definition) is 4. The fourth-order valence-electron chi connectivity index (χ4n) is 1.48. The van der Waals surface area contributed by atoms with Crippen LogP contribution in [0.3, 0.4) is 0 Å². The number of carbonyl (C=O) groups excluding carboxylic acids is 1. The third-order valence-corrected chi connectivity index (χ3v) is 4.30. The zero-order valence-electron chi connectivity index (χ0n) is 11.2. The zero-order chi connectivity index (χ0) is 14.1. The number of aliphatic hydroxyl groups excluding tert-OH is 1. The first kappa shape index (κ1) is 16.1. The molecule has 5 heteroatoms. The maximum Gasteiger partial charge on any atom is 0.262 e. The molecule has 2 N–H and O–H groups in total. The van der Waals surface area contributed by atoms with Crippen LogP contribution in [0.15, 0.2) is 11.4 Å². The van der Waals surface area contributed by atoms with Gasteiger partial charge in [0.1, 0.15) is 11.5 Å². The molecular formula is C14H19NO2S2. The van der Waals surface area contributed by atoms with E-state index in [0.717, 1.165) is 17.9 Å². The molecule has 1 unspecified atom stereocenters. The van der Waals surface area contributed by atoms with Gasteiger partial charge in [0.05, 0.1) is 0 Å². The van der Waals surface area contributed by atoms with Gasteiger partial charge in [-0.05, 0) is 36.3 Å². The number of amides is 1. The Hall–Kier alpha value is -0.960. The van der Waals surface area contributed by atoms with Crippen molar-refractivity contribution in [3.05, 3.63) is 21.9 Å². The average molecular weight is 297 g/mol. The molecule has 104 valence electrons. The highest BCUT2D eigenvalue weighted by Crippen LogP contribution is 2.16. The van der Waals surface area contributed by atoms with Crippen LogP contribution in [0, 0.1) is 11.8 Å². The summed E-state index contributed by atoms with van der Waals surface area (Å²) in [6.45, 7) is 3.95. The van der Waals surface area contributed by atoms with E-state index in [0.29, 0.717) is 10.4 Å². The smallest absolute Gasteiger partial charge is 0.262 e. The van der Waals surface area contributed by atoms with E-state index >= 15 is 0 Å². The molecule has 0 spiro atoms. The summed E-state index contributed by atoms with van der Waals surface area (Å²) >= 11 is 3.25. The van der Waals surface area contributed by atoms with Gasteiger partial charge in [0.2, 0.25) is 0 Å². The third-order valence-electron chi connectivity index (χ3n) is 2.45. The van der Waals surface area contributed by atoms with Crippen LogP contribution in [-0.2, 0) is 0 Å². The molecule has 0 aliphatic rings. The van der Waals surface area contributed by atoms with Gasteiger partial charge in [-0.25, -0.2) is 0 Å². The minimum atomic E-state index is -0.193. The highest BCUT2D eigenvalue weighted by molar-refractivity contribution is 7.99. The maximum atomic E-state index is 12.1. The van der Waals surface area contributed by atoms with Crippen molar-refractivity contribution in [2.75, 3.05) is 18.1 Å². The normalized spacial score (nSPS) is 11.5. The highest BCUT2D eigenvalue weighted by atomic mass is 32.2. The Kier molecular flexibility index (Phi) is 7.65. The molecular weight excluding hydrogens is 278 g/mol. The van der Waals surface area contributed by atoms with Crippen LogP contribution in [0.2, 0.25) is 0 Å². The van der Waals surface area contributed by atoms with E-state index in [9.17, 15) is 4.79 Å². The summed E-state index contributed by atoms with van der Waals surface area (Å²) in [4.78, 5) is 12.7. The molecule has 0 aliphatic heterocycles. The van der Waals surface area contributed by atoms with Crippen LogP contribution in [0.1, 0.15) is 35.5 Å². The second kappa shape index (κ2) is 9.03. The lowest BCUT2D eigenvalue weighted by Crippen LogP contribution is -2.32. The van der Waals surface area contributed by atoms with E-state index in [1.807, 2.05) is 24.1 Å². The first-order valence-electron chi connectivity index (χ1n) is 6.24. The Balaban J connectivity index is 2.56. The van der Waals surface area contributed by atoms with Crippen molar-refractivity contribution in [1.29, 1.82) is 0 Å². The molecule has 0 saturated carbocycles. The molecule has 0 aromatic carbocycles. The van der Waals surface area contributed by atoms with Crippen LogP contribution >= 0.6 is 23.1 Å². The summed E-state index contributed by atoms with van der Waals surface area (Å²) in [7, 11) is 0. The van der Waals surface area contributed by atoms with E-state index in [4.69, 9.17) is 5.11 Å². The van der Waals surface area contributed by atoms with Crippen LogP contribution in [-0.4, -0.2) is 35.2 Å². The van der Waals surface area contributed by atoms with Crippen molar-refractivity contribution in [2.24, 2.45) is 0 Å². The summed E-state index contributed by atoms with van der Waals surface area (Å²) in [6.07, 6.45) is 0.966. The van der Waals surface area contributed by atoms with Crippen molar-refractivity contribution < 1.29 is 9.90 Å². The number of carbonyl (C=O) groups is 1. The number of thiophene rings is 1. The molecule has 1 heterocycles. The maximum absolute atomic E-state index is 12.1. The molecule has 0 radical (unpaired) electrons. The molecule has 1 aromatic heterocycles. The highest BCUT2D eigenvalue weighted by Gasteiger charge is 2.14. The Bertz CT molecular complexity index is 460. The Morgan fingerprint density at radius 3 is 3.11 bits per heavy atom. The predicted molar refractivity (Wildman–Crippen MR) is 82.8 cm³/mol. The van der Waals surface area contributed by atoms with Crippen molar-refractivity contribution in [3.63, 3.8) is 0 Å². The summed E-state index contributed by atoms with van der Waals surface area (Å²) < 4.78 is 0. The van der Waals surface area contributed by atoms with Gasteiger partial charge in [0.15, 0.2) is 0 Å². The standard InChI is InChI=1S/C14H19NO2S2/c1-3-18-9-6-11(2)15-14(17)13-12(5-4-8-16)7-10-19-13/h7,10-11,16H,3,6,8-9H2,1-2H3,(H,15,17). The summed E-state index contributed by atoms with van der Waals surface area (Å²) in [6, 6.07) is 1.96. The molecule has 3 nitrogen and oxygen atoms in total. The van der Waals surface area contributed by atoms with Gasteiger partial charge in [0.25, 0.3) is 5.91 Å². The molecule has 0 fully saturated rings. The van der Waals surface area contributed by atoms with Gasteiger partial charge in [-0.3, -0.25) is 4.79 Å². The van der Waals surface area contributed by atoms with Gasteiger partial charge in [0, 0.05) is 11.6 Å². The van der Waals surface area contributed by atoms with E-state index < -0.39 is 0 Å². The zero-order valence-corrected chi connectivity index (χ0v) is 12.9. The van der Waals surface area contributed by atoms with Crippen LogP contribution in [0.4, 0.5) is 0 Å². The average Bonchev–Trinajstić information content (AvgIpc) is 2.85. The van der Waals surface area contributed by atoms with Crippen molar-refractivity contribution >= 4 is 29.0 Å². The molecule has 1 atom stereocenters. The lowest BCUT2D eigenvalue weighted by molar-refractivity contribution is 0.0943. The SMILES string of the molecule is CCSCCC(C)NC(=O)c1sccc1C#CCO. The summed E-state index contributed by atoms with van der Waals surface area (Å²) in [5, 5.41) is 13.5. The Morgan fingerprint density at radius 2 is 2.42 bits per heavy atom. The molecule has 0 saturated heterocycles. The van der Waals surface area contributed by atoms with Gasteiger partial charge in [-0.2, -0.15) is 11.8 Å². The number of nitrogens with one attached hydrogen (secondary N) is 1. The first-order chi connectivity index (χ1) is 9.19. The minimum Gasteiger partial charge on any atom is -0.384 e. The lowest BCUT2D eigenvalue weighted by atomic mass is 10.2. The van der Waals surface area contributed by atoms with Crippen LogP contribution in [0.25, 0.3) is 0 Å². The van der Waals surface area contributed by atoms with E-state index in [1.54, 1.807) is 6.07 Å². The largest absolute Gasteiger partial charge is 0.384 e. The van der Waals surface area contributed by atoms with Gasteiger partial charge in [-0.1, -0.05) is 18.8 Å². The van der Waals surface area contributed by atoms with Crippen molar-refractivity contribution in [3.8, 4) is 11.8 Å². The number of aliphatic hydroxyl groups is 1. The van der Waals surface area contributed by atoms with Crippen molar-refractivity contribution in [1.82, 2.24) is 5.32 Å². The Morgan fingerprint density at radius 1 is 1.63 bits per heavy atom. The second-order valence-electron chi connectivity index (χ2n) is 3.98. The first-order valence-corrected chi connectivity index (χ1v) is 8.28. The van der Waals surface area contributed by atoms with Gasteiger partial charge >= 0.3 is 0 Å². The third kappa shape index (κ3) is 5.68. The molecule has 1 aromatic rings. The fourth-order valence-corrected chi connectivity index (χ4v) is 3.05. The van der Waals surface area contributed by atoms with E-state index in [-0.39, 0.29) is 18.6 Å². The van der Waals surface area contributed by atoms with Gasteiger partial charge in [-0.15, -0.1) is 11.3 Å². The topological polar surface area (TPSA) is 49.3 Å². The number of thioether (sulfide) groups is 1. The predicted octanol–water partition coefficient (Wildman–Crippen LogP) is 2.35. The molecule has 1 amide bonds. The summed E-state index contributed by atoms with van der Waals surface area (Å²) in [5.41, 5.74) is 0.687. The van der Waals surface area contributed by atoms with Crippen molar-refractivity contribution in [2.45, 2.75) is 26.3 Å². The number of hydrogen-bond donors (Lipinski definition) is 2. The van der Waals surface area contributed by atoms with Crippen LogP contribution in [0.5, 0.6) is 0 Å². The molecule has 1 rings (SSSR count). The fraction of sp³-hybridized carbons (Fsp3) is 0.500. The van der Waals surface area contributed by atoms with Gasteiger partial charge < -0.3 is 10.4 Å². The van der Waals surface area contributed by atoms with E-state index in [1.165, 1.54) is 11.3 Å². The van der Waals surface area contributed by atoms with E-state index in [2.05, 4.69) is 24.1 Å². The summed E-state index contributed by atoms with van der Waals surface area (Å²) in [5.74, 6) is 7.45. The quantitative estimate of drug-likeness (QED) is 0.626. The molecule has 0 bridgehead atoms. The number of rotatable bonds is 6. The van der Waals surface area contributed by atoms with Crippen LogP contribution < -0.4 is 5.32 Å². The lowest BCUT2D eigenvalue weighted by Gasteiger charge is -2.12. The molecule has 0 aliphatic carbocycles. The monoisotopic (exact) mass is 297 g/mol. The Labute approximate surface area is 122 Å². The second-order valence-corrected chi connectivity index (χ2v) is 6.29. The minimum absolute atomic E-state index is 0.0776.